The summed E-state index contributed by atoms with van der Waals surface area (Å²) in [7, 11) is 0. The molecule has 0 saturated heterocycles. The second-order valence-electron chi connectivity index (χ2n) is 15.1. The highest BCUT2D eigenvalue weighted by molar-refractivity contribution is 6.91. The highest BCUT2D eigenvalue weighted by Crippen LogP contribution is 2.48. The molecule has 9 rings (SSSR count). The first-order chi connectivity index (χ1) is 24.9. The van der Waals surface area contributed by atoms with E-state index in [1.165, 1.54) is 50.5 Å². The van der Waals surface area contributed by atoms with Crippen molar-refractivity contribution in [1.82, 2.24) is 0 Å². The van der Waals surface area contributed by atoms with Gasteiger partial charge in [-0.1, -0.05) is 124 Å². The molecule has 3 aliphatic rings. The molecule has 51 heavy (non-hydrogen) atoms. The molecule has 0 aromatic heterocycles. The Kier molecular flexibility index (Phi) is 7.50. The Hall–Kier alpha value is -5.74. The molecular formula is C47H42BN3. The molecule has 6 aromatic carbocycles. The van der Waals surface area contributed by atoms with Crippen molar-refractivity contribution in [2.45, 2.75) is 45.0 Å². The third-order valence-corrected chi connectivity index (χ3v) is 10.9. The van der Waals surface area contributed by atoms with Crippen LogP contribution in [0, 0.1) is 6.92 Å². The Bertz CT molecular complexity index is 2290. The zero-order valence-electron chi connectivity index (χ0n) is 29.7. The number of para-hydroxylation sites is 3. The predicted molar refractivity (Wildman–Crippen MR) is 219 cm³/mol. The van der Waals surface area contributed by atoms with Gasteiger partial charge in [0.2, 0.25) is 6.71 Å². The number of nitrogens with zero attached hydrogens (tertiary/aromatic N) is 3. The van der Waals surface area contributed by atoms with Gasteiger partial charge in [0.25, 0.3) is 0 Å². The van der Waals surface area contributed by atoms with Gasteiger partial charge in [-0.3, -0.25) is 0 Å². The van der Waals surface area contributed by atoms with E-state index in [0.29, 0.717) is 0 Å². The minimum Gasteiger partial charge on any atom is -0.335 e. The van der Waals surface area contributed by atoms with E-state index in [1.54, 1.807) is 0 Å². The molecule has 248 valence electrons. The molecule has 3 nitrogen and oxygen atoms in total. The number of anilines is 8. The molecule has 4 heteroatoms. The van der Waals surface area contributed by atoms with Crippen LogP contribution in [-0.2, 0) is 5.41 Å². The predicted octanol–water partition coefficient (Wildman–Crippen LogP) is 11.2. The molecule has 6 aromatic rings. The van der Waals surface area contributed by atoms with E-state index in [2.05, 4.69) is 212 Å². The summed E-state index contributed by atoms with van der Waals surface area (Å²) in [5.74, 6) is 0.267. The van der Waals surface area contributed by atoms with Gasteiger partial charge in [0.05, 0.1) is 6.04 Å². The van der Waals surface area contributed by atoms with Gasteiger partial charge in [0.1, 0.15) is 0 Å². The molecule has 0 radical (unpaired) electrons. The molecule has 2 heterocycles. The van der Waals surface area contributed by atoms with Crippen LogP contribution in [0.3, 0.4) is 0 Å². The van der Waals surface area contributed by atoms with Gasteiger partial charge in [-0.25, -0.2) is 0 Å². The molecule has 2 aliphatic heterocycles. The molecule has 0 amide bonds. The first-order valence-electron chi connectivity index (χ1n) is 18.2. The van der Waals surface area contributed by atoms with Crippen LogP contribution in [0.5, 0.6) is 0 Å². The van der Waals surface area contributed by atoms with Crippen LogP contribution in [-0.4, -0.2) is 12.8 Å². The van der Waals surface area contributed by atoms with Crippen LogP contribution < -0.4 is 25.6 Å². The fraction of sp³-hybridized carbons (Fsp3) is 0.149. The molecule has 0 bridgehead atoms. The maximum Gasteiger partial charge on any atom is 0.226 e. The van der Waals surface area contributed by atoms with Crippen molar-refractivity contribution in [3.8, 4) is 0 Å². The van der Waals surface area contributed by atoms with Crippen LogP contribution in [0.4, 0.5) is 45.5 Å². The number of hydrogen-bond acceptors (Lipinski definition) is 3. The van der Waals surface area contributed by atoms with Gasteiger partial charge in [-0.15, -0.1) is 0 Å². The lowest BCUT2D eigenvalue weighted by molar-refractivity contribution is 0.590. The minimum absolute atomic E-state index is 0.0803. The highest BCUT2D eigenvalue weighted by atomic mass is 15.2. The van der Waals surface area contributed by atoms with E-state index < -0.39 is 0 Å². The van der Waals surface area contributed by atoms with Gasteiger partial charge >= 0.3 is 0 Å². The van der Waals surface area contributed by atoms with Crippen molar-refractivity contribution in [3.63, 3.8) is 0 Å². The van der Waals surface area contributed by atoms with Crippen molar-refractivity contribution < 1.29 is 0 Å². The topological polar surface area (TPSA) is 9.72 Å². The summed E-state index contributed by atoms with van der Waals surface area (Å²) in [5, 5.41) is 0. The van der Waals surface area contributed by atoms with Crippen LogP contribution in [0.1, 0.15) is 31.9 Å². The molecule has 0 saturated carbocycles. The molecule has 2 atom stereocenters. The van der Waals surface area contributed by atoms with E-state index in [0.717, 1.165) is 17.1 Å². The Morgan fingerprint density at radius 1 is 0.588 bits per heavy atom. The van der Waals surface area contributed by atoms with Crippen molar-refractivity contribution in [3.05, 3.63) is 181 Å². The van der Waals surface area contributed by atoms with E-state index >= 15 is 0 Å². The van der Waals surface area contributed by atoms with Gasteiger partial charge < -0.3 is 14.7 Å². The third-order valence-electron chi connectivity index (χ3n) is 10.9. The standard InChI is InChI=1S/C47H42BN3/c1-33-16-11-13-22-41(33)49(37-28-26-34(27-29-37)47(2,3)4)38-30-31-40-45(32-38)51(36-19-9-6-10-20-36)44-25-15-24-43-46(44)48(40)39-21-12-14-23-42(39)50(43)35-17-7-5-8-18-35/h5-32,39,42H,1-4H3. The Morgan fingerprint density at radius 2 is 1.24 bits per heavy atom. The van der Waals surface area contributed by atoms with Gasteiger partial charge in [-0.2, -0.15) is 0 Å². The summed E-state index contributed by atoms with van der Waals surface area (Å²) in [6, 6.07) is 53.9. The van der Waals surface area contributed by atoms with E-state index in [4.69, 9.17) is 0 Å². The Balaban J connectivity index is 1.28. The number of hydrogen-bond donors (Lipinski definition) is 0. The fourth-order valence-corrected chi connectivity index (χ4v) is 8.52. The second kappa shape index (κ2) is 12.2. The zero-order chi connectivity index (χ0) is 34.7. The SMILES string of the molecule is Cc1ccccc1N(c1ccc(C(C)(C)C)cc1)c1ccc2c(c1)N(c1ccccc1)c1cccc3c1B2C1C=CC=CC1N3c1ccccc1. The van der Waals surface area contributed by atoms with E-state index in [1.807, 2.05) is 0 Å². The van der Waals surface area contributed by atoms with Gasteiger partial charge in [-0.05, 0) is 107 Å². The summed E-state index contributed by atoms with van der Waals surface area (Å²) >= 11 is 0. The van der Waals surface area contributed by atoms with Crippen molar-refractivity contribution in [2.75, 3.05) is 14.7 Å². The van der Waals surface area contributed by atoms with Crippen molar-refractivity contribution in [1.29, 1.82) is 0 Å². The fourth-order valence-electron chi connectivity index (χ4n) is 8.52. The molecule has 0 fully saturated rings. The van der Waals surface area contributed by atoms with Crippen molar-refractivity contribution >= 4 is 63.1 Å². The van der Waals surface area contributed by atoms with Crippen LogP contribution >= 0.6 is 0 Å². The summed E-state index contributed by atoms with van der Waals surface area (Å²) < 4.78 is 0. The first kappa shape index (κ1) is 31.3. The lowest BCUT2D eigenvalue weighted by Gasteiger charge is -2.50. The number of rotatable bonds is 5. The quantitative estimate of drug-likeness (QED) is 0.171. The number of fused-ring (bicyclic) bond motifs is 4. The third kappa shape index (κ3) is 5.20. The second-order valence-corrected chi connectivity index (χ2v) is 15.1. The van der Waals surface area contributed by atoms with Gasteiger partial charge in [0.15, 0.2) is 0 Å². The van der Waals surface area contributed by atoms with Crippen molar-refractivity contribution in [2.24, 2.45) is 0 Å². The monoisotopic (exact) mass is 659 g/mol. The Morgan fingerprint density at radius 3 is 1.96 bits per heavy atom. The number of allylic oxidation sites excluding steroid dienone is 2. The summed E-state index contributed by atoms with van der Waals surface area (Å²) in [5.41, 5.74) is 15.0. The lowest BCUT2D eigenvalue weighted by Crippen LogP contribution is -2.61. The maximum atomic E-state index is 2.56. The minimum atomic E-state index is 0.0803. The molecule has 2 unspecified atom stereocenters. The van der Waals surface area contributed by atoms with Gasteiger partial charge in [0, 0.05) is 45.5 Å². The molecular weight excluding hydrogens is 617 g/mol. The smallest absolute Gasteiger partial charge is 0.226 e. The number of aryl methyl sites for hydroxylation is 1. The largest absolute Gasteiger partial charge is 0.335 e. The normalized spacial score (nSPS) is 17.1. The van der Waals surface area contributed by atoms with Crippen LogP contribution in [0.25, 0.3) is 0 Å². The molecule has 0 spiro atoms. The summed E-state index contributed by atoms with van der Waals surface area (Å²) in [4.78, 5) is 7.49. The highest BCUT2D eigenvalue weighted by Gasteiger charge is 2.48. The molecule has 0 N–H and O–H groups in total. The molecule has 1 aliphatic carbocycles. The summed E-state index contributed by atoms with van der Waals surface area (Å²) in [6.45, 7) is 9.24. The number of benzene rings is 6. The van der Waals surface area contributed by atoms with Crippen LogP contribution in [0.2, 0.25) is 5.82 Å². The average Bonchev–Trinajstić information content (AvgIpc) is 3.16. The zero-order valence-corrected chi connectivity index (χ0v) is 29.7. The van der Waals surface area contributed by atoms with E-state index in [-0.39, 0.29) is 24.0 Å². The maximum absolute atomic E-state index is 2.56. The van der Waals surface area contributed by atoms with Crippen LogP contribution in [0.15, 0.2) is 170 Å². The first-order valence-corrected chi connectivity index (χ1v) is 18.2. The summed E-state index contributed by atoms with van der Waals surface area (Å²) in [6.07, 6.45) is 9.31. The lowest BCUT2D eigenvalue weighted by atomic mass is 9.29. The average molecular weight is 660 g/mol. The van der Waals surface area contributed by atoms with E-state index in [9.17, 15) is 0 Å². The Labute approximate surface area is 302 Å².